The van der Waals surface area contributed by atoms with E-state index in [1.807, 2.05) is 34.9 Å². The number of hydrogen-bond donors (Lipinski definition) is 2. The van der Waals surface area contributed by atoms with Gasteiger partial charge in [0.2, 0.25) is 17.1 Å². The molecule has 2 aliphatic heterocycles. The van der Waals surface area contributed by atoms with E-state index in [0.717, 1.165) is 30.0 Å². The van der Waals surface area contributed by atoms with Crippen LogP contribution in [0.5, 0.6) is 23.0 Å². The number of primary amides is 1. The van der Waals surface area contributed by atoms with E-state index in [4.69, 9.17) is 24.4 Å². The van der Waals surface area contributed by atoms with Gasteiger partial charge in [0.05, 0.1) is 33.3 Å². The molecule has 1 unspecified atom stereocenters. The summed E-state index contributed by atoms with van der Waals surface area (Å²) in [5.74, 6) is 0.477. The van der Waals surface area contributed by atoms with Crippen molar-refractivity contribution in [1.29, 1.82) is 0 Å². The van der Waals surface area contributed by atoms with Gasteiger partial charge >= 0.3 is 0 Å². The first kappa shape index (κ1) is 31.9. The van der Waals surface area contributed by atoms with Gasteiger partial charge in [-0.1, -0.05) is 24.3 Å². The number of nitrogens with two attached hydrogens (primary N) is 1. The van der Waals surface area contributed by atoms with Crippen LogP contribution in [0.2, 0.25) is 0 Å². The zero-order valence-corrected chi connectivity index (χ0v) is 26.5. The van der Waals surface area contributed by atoms with Gasteiger partial charge in [0.25, 0.3) is 5.56 Å². The number of aromatic nitrogens is 1. The maximum Gasteiger partial charge on any atom is 0.250 e. The van der Waals surface area contributed by atoms with Crippen LogP contribution in [0.3, 0.4) is 0 Å². The lowest BCUT2D eigenvalue weighted by molar-refractivity contribution is -0.118. The molecule has 2 aromatic carbocycles. The molecule has 6 rings (SSSR count). The minimum absolute atomic E-state index is 0.0186. The molecule has 2 aromatic heterocycles. The minimum Gasteiger partial charge on any atom is -0.502 e. The molecule has 11 heteroatoms. The molecular weight excluding hydrogens is 602 g/mol. The molecule has 3 atom stereocenters. The third-order valence-electron chi connectivity index (χ3n) is 9.05. The summed E-state index contributed by atoms with van der Waals surface area (Å²) in [6, 6.07) is 19.6. The standard InChI is InChI=1S/C36H39N3O8/c1-44-26-9-6-22(7-10-26)12-13-46-31-11-8-24(15-32(31)45-2)28(17-33(37)41)36-35(43)30(40)16-27(47-36)21-38-18-23-14-25(20-38)29-4-3-5-34(42)39(29)19-23/h3-11,15-16,23,25,28,43H,12-14,17-21H2,1-2H3,(H2,37,41)/t23-,25+,28?/m1/s1. The Labute approximate surface area is 272 Å². The number of likely N-dealkylation sites (tertiary alicyclic amines) is 1. The second-order valence-corrected chi connectivity index (χ2v) is 12.3. The Balaban J connectivity index is 1.22. The molecule has 11 nitrogen and oxygen atoms in total. The van der Waals surface area contributed by atoms with Gasteiger partial charge < -0.3 is 34.0 Å². The van der Waals surface area contributed by atoms with Crippen molar-refractivity contribution < 1.29 is 28.5 Å². The highest BCUT2D eigenvalue weighted by atomic mass is 16.5. The first-order chi connectivity index (χ1) is 22.7. The number of carbonyl (C=O) groups excluding carboxylic acids is 1. The van der Waals surface area contributed by atoms with E-state index >= 15 is 0 Å². The Morgan fingerprint density at radius 3 is 2.55 bits per heavy atom. The van der Waals surface area contributed by atoms with Crippen molar-refractivity contribution in [2.45, 2.75) is 44.2 Å². The lowest BCUT2D eigenvalue weighted by Crippen LogP contribution is -2.46. The fraction of sp³-hybridized carbons (Fsp3) is 0.361. The number of piperidine rings is 1. The number of ether oxygens (including phenoxy) is 3. The average molecular weight is 642 g/mol. The molecule has 4 heterocycles. The maximum absolute atomic E-state index is 13.0. The summed E-state index contributed by atoms with van der Waals surface area (Å²) in [5.41, 5.74) is 7.74. The van der Waals surface area contributed by atoms with Gasteiger partial charge in [0.1, 0.15) is 11.5 Å². The van der Waals surface area contributed by atoms with Crippen LogP contribution in [0, 0.1) is 5.92 Å². The van der Waals surface area contributed by atoms with Crippen LogP contribution in [0.15, 0.2) is 80.7 Å². The highest BCUT2D eigenvalue weighted by Gasteiger charge is 2.35. The normalized spacial score (nSPS) is 17.8. The summed E-state index contributed by atoms with van der Waals surface area (Å²) < 4.78 is 24.9. The highest BCUT2D eigenvalue weighted by molar-refractivity contribution is 5.75. The van der Waals surface area contributed by atoms with E-state index in [-0.39, 0.29) is 29.6 Å². The van der Waals surface area contributed by atoms with Gasteiger partial charge in [0.15, 0.2) is 17.3 Å². The Bertz CT molecular complexity index is 1870. The van der Waals surface area contributed by atoms with E-state index in [0.29, 0.717) is 55.5 Å². The van der Waals surface area contributed by atoms with Crippen LogP contribution in [0.4, 0.5) is 0 Å². The molecule has 2 bridgehead atoms. The molecule has 0 aliphatic carbocycles. The Morgan fingerprint density at radius 2 is 1.81 bits per heavy atom. The number of carbonyl (C=O) groups is 1. The molecule has 246 valence electrons. The summed E-state index contributed by atoms with van der Waals surface area (Å²) in [6.45, 7) is 2.81. The molecule has 0 radical (unpaired) electrons. The van der Waals surface area contributed by atoms with Crippen molar-refractivity contribution in [3.05, 3.63) is 116 Å². The SMILES string of the molecule is COc1ccc(CCOc2ccc(C(CC(N)=O)c3oc(CN4C[C@H]5C[C@@H](C4)c4cccc(=O)n4C5)cc(=O)c3O)cc2OC)cc1. The monoisotopic (exact) mass is 641 g/mol. The molecule has 47 heavy (non-hydrogen) atoms. The van der Waals surface area contributed by atoms with E-state index in [1.54, 1.807) is 37.4 Å². The number of pyridine rings is 1. The smallest absolute Gasteiger partial charge is 0.250 e. The van der Waals surface area contributed by atoms with Gasteiger partial charge in [0, 0.05) is 56.2 Å². The molecular formula is C36H39N3O8. The van der Waals surface area contributed by atoms with Crippen LogP contribution in [0.25, 0.3) is 0 Å². The summed E-state index contributed by atoms with van der Waals surface area (Å²) in [4.78, 5) is 39.9. The zero-order valence-electron chi connectivity index (χ0n) is 26.5. The summed E-state index contributed by atoms with van der Waals surface area (Å²) in [6.07, 6.45) is 1.45. The van der Waals surface area contributed by atoms with Crippen LogP contribution in [-0.4, -0.2) is 54.4 Å². The number of nitrogens with zero attached hydrogens (tertiary/aromatic N) is 2. The van der Waals surface area contributed by atoms with Gasteiger partial charge in [-0.3, -0.25) is 19.3 Å². The predicted molar refractivity (Wildman–Crippen MR) is 174 cm³/mol. The number of rotatable bonds is 12. The number of methoxy groups -OCH3 is 2. The third-order valence-corrected chi connectivity index (χ3v) is 9.05. The second kappa shape index (κ2) is 13.8. The average Bonchev–Trinajstić information content (AvgIpc) is 3.06. The van der Waals surface area contributed by atoms with E-state index in [2.05, 4.69) is 4.90 Å². The number of benzene rings is 2. The minimum atomic E-state index is -0.845. The number of aromatic hydroxyl groups is 1. The summed E-state index contributed by atoms with van der Waals surface area (Å²) >= 11 is 0. The highest BCUT2D eigenvalue weighted by Crippen LogP contribution is 2.39. The van der Waals surface area contributed by atoms with Crippen molar-refractivity contribution in [3.63, 3.8) is 0 Å². The second-order valence-electron chi connectivity index (χ2n) is 12.3. The van der Waals surface area contributed by atoms with Crippen LogP contribution in [-0.2, 0) is 24.3 Å². The Morgan fingerprint density at radius 1 is 1.00 bits per heavy atom. The van der Waals surface area contributed by atoms with E-state index < -0.39 is 23.0 Å². The zero-order chi connectivity index (χ0) is 33.1. The first-order valence-corrected chi connectivity index (χ1v) is 15.7. The Hall–Kier alpha value is -5.03. The van der Waals surface area contributed by atoms with Crippen molar-refractivity contribution in [2.75, 3.05) is 33.9 Å². The maximum atomic E-state index is 13.0. The van der Waals surface area contributed by atoms with Crippen molar-refractivity contribution >= 4 is 5.91 Å². The predicted octanol–water partition coefficient (Wildman–Crippen LogP) is 3.77. The number of amides is 1. The molecule has 3 N–H and O–H groups in total. The fourth-order valence-corrected chi connectivity index (χ4v) is 6.87. The van der Waals surface area contributed by atoms with Crippen molar-refractivity contribution in [1.82, 2.24) is 9.47 Å². The molecule has 1 saturated heterocycles. The van der Waals surface area contributed by atoms with Gasteiger partial charge in [-0.05, 0) is 53.8 Å². The quantitative estimate of drug-likeness (QED) is 0.236. The van der Waals surface area contributed by atoms with E-state index in [1.165, 1.54) is 13.2 Å². The van der Waals surface area contributed by atoms with Gasteiger partial charge in [-0.2, -0.15) is 0 Å². The lowest BCUT2D eigenvalue weighted by Gasteiger charge is -2.42. The fourth-order valence-electron chi connectivity index (χ4n) is 6.87. The van der Waals surface area contributed by atoms with Gasteiger partial charge in [-0.15, -0.1) is 0 Å². The number of fused-ring (bicyclic) bond motifs is 4. The molecule has 1 amide bonds. The topological polar surface area (TPSA) is 146 Å². The molecule has 0 saturated carbocycles. The number of hydrogen-bond acceptors (Lipinski definition) is 9. The van der Waals surface area contributed by atoms with Crippen molar-refractivity contribution in [2.24, 2.45) is 11.7 Å². The molecule has 2 aliphatic rings. The van der Waals surface area contributed by atoms with Gasteiger partial charge in [-0.25, -0.2) is 0 Å². The third kappa shape index (κ3) is 7.05. The molecule has 0 spiro atoms. The van der Waals surface area contributed by atoms with Crippen molar-refractivity contribution in [3.8, 4) is 23.0 Å². The van der Waals surface area contributed by atoms with Crippen LogP contribution < -0.4 is 30.9 Å². The molecule has 1 fully saturated rings. The lowest BCUT2D eigenvalue weighted by atomic mass is 9.83. The Kier molecular flexibility index (Phi) is 9.35. The van der Waals surface area contributed by atoms with E-state index in [9.17, 15) is 19.5 Å². The molecule has 4 aromatic rings. The summed E-state index contributed by atoms with van der Waals surface area (Å²) in [7, 11) is 3.14. The van der Waals surface area contributed by atoms with Crippen LogP contribution >= 0.6 is 0 Å². The largest absolute Gasteiger partial charge is 0.502 e. The van der Waals surface area contributed by atoms with Crippen LogP contribution in [0.1, 0.15) is 53.0 Å². The first-order valence-electron chi connectivity index (χ1n) is 15.7. The summed E-state index contributed by atoms with van der Waals surface area (Å²) in [5, 5.41) is 10.9.